The van der Waals surface area contributed by atoms with E-state index < -0.39 is 30.2 Å². The Hall–Kier alpha value is -2.90. The van der Waals surface area contributed by atoms with E-state index in [1.54, 1.807) is 6.07 Å². The summed E-state index contributed by atoms with van der Waals surface area (Å²) in [6, 6.07) is 3.17. The van der Waals surface area contributed by atoms with Gasteiger partial charge in [-0.05, 0) is 17.7 Å². The molecule has 3 amide bonds. The fourth-order valence-corrected chi connectivity index (χ4v) is 2.00. The number of primary amides is 1. The Morgan fingerprint density at radius 2 is 2.10 bits per heavy atom. The predicted molar refractivity (Wildman–Crippen MR) is 71.5 cm³/mol. The molecule has 1 aromatic rings. The van der Waals surface area contributed by atoms with Crippen LogP contribution in [-0.4, -0.2) is 34.8 Å². The summed E-state index contributed by atoms with van der Waals surface area (Å²) in [6.45, 7) is 0. The Morgan fingerprint density at radius 1 is 1.38 bits per heavy atom. The summed E-state index contributed by atoms with van der Waals surface area (Å²) in [5.41, 5.74) is 6.41. The molecule has 0 bridgehead atoms. The van der Waals surface area contributed by atoms with Crippen LogP contribution in [0.3, 0.4) is 0 Å². The predicted octanol–water partition coefficient (Wildman–Crippen LogP) is -0.760. The lowest BCUT2D eigenvalue weighted by atomic mass is 10.1. The van der Waals surface area contributed by atoms with Gasteiger partial charge < -0.3 is 21.5 Å². The number of carboxylic acids is 1. The van der Waals surface area contributed by atoms with Crippen molar-refractivity contribution < 1.29 is 24.3 Å². The topological polar surface area (TPSA) is 139 Å². The number of carbonyl (C=O) groups excluding carboxylic acids is 3. The minimum Gasteiger partial charge on any atom is -0.480 e. The van der Waals surface area contributed by atoms with Gasteiger partial charge in [-0.15, -0.1) is 0 Å². The number of aliphatic carboxylic acids is 1. The van der Waals surface area contributed by atoms with Crippen LogP contribution in [0.4, 0.5) is 5.69 Å². The Balaban J connectivity index is 2.13. The lowest BCUT2D eigenvalue weighted by molar-refractivity contribution is -0.140. The average Bonchev–Trinajstić information content (AvgIpc) is 2.76. The van der Waals surface area contributed by atoms with Gasteiger partial charge in [-0.2, -0.15) is 0 Å². The first-order chi connectivity index (χ1) is 9.86. The van der Waals surface area contributed by atoms with Gasteiger partial charge in [0.15, 0.2) is 0 Å². The molecular weight excluding hydrogens is 278 g/mol. The van der Waals surface area contributed by atoms with Gasteiger partial charge >= 0.3 is 5.97 Å². The summed E-state index contributed by atoms with van der Waals surface area (Å²) >= 11 is 0. The summed E-state index contributed by atoms with van der Waals surface area (Å²) in [7, 11) is 0. The third-order valence-electron chi connectivity index (χ3n) is 3.01. The second-order valence-corrected chi connectivity index (χ2v) is 4.63. The van der Waals surface area contributed by atoms with Gasteiger partial charge in [0.2, 0.25) is 11.8 Å². The van der Waals surface area contributed by atoms with Gasteiger partial charge in [-0.3, -0.25) is 14.4 Å². The molecule has 8 heteroatoms. The first kappa shape index (κ1) is 14.5. The molecule has 1 aromatic carbocycles. The van der Waals surface area contributed by atoms with Crippen LogP contribution in [0.25, 0.3) is 0 Å². The Kier molecular flexibility index (Phi) is 3.88. The Bertz CT molecular complexity index is 641. The molecule has 5 N–H and O–H groups in total. The van der Waals surface area contributed by atoms with Crippen LogP contribution in [-0.2, 0) is 20.8 Å². The number of hydrogen-bond donors (Lipinski definition) is 4. The molecule has 21 heavy (non-hydrogen) atoms. The van der Waals surface area contributed by atoms with Crippen molar-refractivity contribution in [2.75, 3.05) is 5.32 Å². The zero-order valence-corrected chi connectivity index (χ0v) is 10.9. The number of carbonyl (C=O) groups is 4. The minimum absolute atomic E-state index is 0.167. The van der Waals surface area contributed by atoms with E-state index in [-0.39, 0.29) is 17.9 Å². The van der Waals surface area contributed by atoms with Gasteiger partial charge in [-0.25, -0.2) is 4.79 Å². The molecule has 8 nitrogen and oxygen atoms in total. The minimum atomic E-state index is -1.39. The van der Waals surface area contributed by atoms with E-state index >= 15 is 0 Å². The number of nitrogens with two attached hydrogens (primary N) is 1. The van der Waals surface area contributed by atoms with Crippen molar-refractivity contribution in [3.05, 3.63) is 29.3 Å². The van der Waals surface area contributed by atoms with Gasteiger partial charge in [0.05, 0.1) is 12.8 Å². The van der Waals surface area contributed by atoms with Crippen LogP contribution in [0.15, 0.2) is 18.2 Å². The molecular formula is C13H13N3O5. The molecule has 1 heterocycles. The number of fused-ring (bicyclic) bond motifs is 1. The summed E-state index contributed by atoms with van der Waals surface area (Å²) < 4.78 is 0. The molecule has 0 spiro atoms. The maximum absolute atomic E-state index is 12.0. The molecule has 0 radical (unpaired) electrons. The summed E-state index contributed by atoms with van der Waals surface area (Å²) in [5.74, 6) is -3.01. The molecule has 2 rings (SSSR count). The molecule has 1 aliphatic heterocycles. The number of anilines is 1. The highest BCUT2D eigenvalue weighted by molar-refractivity contribution is 6.03. The second kappa shape index (κ2) is 5.61. The van der Waals surface area contributed by atoms with E-state index in [4.69, 9.17) is 10.8 Å². The van der Waals surface area contributed by atoms with Crippen molar-refractivity contribution in [2.45, 2.75) is 18.9 Å². The van der Waals surface area contributed by atoms with Crippen LogP contribution in [0, 0.1) is 0 Å². The first-order valence-corrected chi connectivity index (χ1v) is 6.11. The summed E-state index contributed by atoms with van der Waals surface area (Å²) in [4.78, 5) is 44.9. The van der Waals surface area contributed by atoms with Crippen molar-refractivity contribution in [1.82, 2.24) is 5.32 Å². The van der Waals surface area contributed by atoms with E-state index in [2.05, 4.69) is 10.6 Å². The van der Waals surface area contributed by atoms with Crippen molar-refractivity contribution in [3.8, 4) is 0 Å². The second-order valence-electron chi connectivity index (χ2n) is 4.63. The standard InChI is InChI=1S/C13H13N3O5/c14-10(17)5-9(13(20)21)16-12(19)7-2-1-6-4-11(18)15-8(6)3-7/h1-3,9H,4-5H2,(H2,14,17)(H,15,18)(H,16,19)(H,20,21)/t9-/m1/s1. The van der Waals surface area contributed by atoms with Crippen molar-refractivity contribution >= 4 is 29.4 Å². The largest absolute Gasteiger partial charge is 0.480 e. The number of rotatable bonds is 5. The van der Waals surface area contributed by atoms with E-state index in [0.29, 0.717) is 5.69 Å². The SMILES string of the molecule is NC(=O)C[C@@H](NC(=O)c1ccc2c(c1)NC(=O)C2)C(=O)O. The molecule has 0 aromatic heterocycles. The van der Waals surface area contributed by atoms with Crippen molar-refractivity contribution in [3.63, 3.8) is 0 Å². The monoisotopic (exact) mass is 291 g/mol. The molecule has 1 atom stereocenters. The fraction of sp³-hybridized carbons (Fsp3) is 0.231. The Labute approximate surface area is 119 Å². The quantitative estimate of drug-likeness (QED) is 0.564. The maximum Gasteiger partial charge on any atom is 0.326 e. The molecule has 1 aliphatic rings. The van der Waals surface area contributed by atoms with Gasteiger partial charge in [-0.1, -0.05) is 6.07 Å². The third kappa shape index (κ3) is 3.35. The van der Waals surface area contributed by atoms with Gasteiger partial charge in [0.25, 0.3) is 5.91 Å². The van der Waals surface area contributed by atoms with E-state index in [1.165, 1.54) is 12.1 Å². The third-order valence-corrected chi connectivity index (χ3v) is 3.01. The van der Waals surface area contributed by atoms with Crippen LogP contribution in [0.5, 0.6) is 0 Å². The van der Waals surface area contributed by atoms with Crippen LogP contribution < -0.4 is 16.4 Å². The lowest BCUT2D eigenvalue weighted by Gasteiger charge is -2.13. The maximum atomic E-state index is 12.0. The molecule has 0 aliphatic carbocycles. The molecule has 0 saturated carbocycles. The highest BCUT2D eigenvalue weighted by Crippen LogP contribution is 2.24. The van der Waals surface area contributed by atoms with Crippen molar-refractivity contribution in [1.29, 1.82) is 0 Å². The smallest absolute Gasteiger partial charge is 0.326 e. The zero-order chi connectivity index (χ0) is 15.6. The number of hydrogen-bond acceptors (Lipinski definition) is 4. The average molecular weight is 291 g/mol. The molecule has 110 valence electrons. The van der Waals surface area contributed by atoms with Crippen LogP contribution >= 0.6 is 0 Å². The lowest BCUT2D eigenvalue weighted by Crippen LogP contribution is -2.43. The molecule has 0 fully saturated rings. The van der Waals surface area contributed by atoms with Crippen LogP contribution in [0.2, 0.25) is 0 Å². The van der Waals surface area contributed by atoms with Gasteiger partial charge in [0, 0.05) is 11.3 Å². The summed E-state index contributed by atoms with van der Waals surface area (Å²) in [6.07, 6.45) is -0.251. The van der Waals surface area contributed by atoms with E-state index in [9.17, 15) is 19.2 Å². The Morgan fingerprint density at radius 3 is 2.71 bits per heavy atom. The molecule has 0 saturated heterocycles. The van der Waals surface area contributed by atoms with Crippen molar-refractivity contribution in [2.24, 2.45) is 5.73 Å². The zero-order valence-electron chi connectivity index (χ0n) is 10.9. The highest BCUT2D eigenvalue weighted by atomic mass is 16.4. The summed E-state index contributed by atoms with van der Waals surface area (Å²) in [5, 5.41) is 13.7. The van der Waals surface area contributed by atoms with E-state index in [0.717, 1.165) is 5.56 Å². The molecule has 0 unspecified atom stereocenters. The van der Waals surface area contributed by atoms with Crippen LogP contribution in [0.1, 0.15) is 22.3 Å². The number of nitrogens with one attached hydrogen (secondary N) is 2. The normalized spacial score (nSPS) is 14.0. The fourth-order valence-electron chi connectivity index (χ4n) is 2.00. The number of carboxylic acid groups (broad SMARTS) is 1. The number of benzene rings is 1. The van der Waals surface area contributed by atoms with E-state index in [1.807, 2.05) is 0 Å². The van der Waals surface area contributed by atoms with Gasteiger partial charge in [0.1, 0.15) is 6.04 Å². The number of amides is 3. The first-order valence-electron chi connectivity index (χ1n) is 6.11. The highest BCUT2D eigenvalue weighted by Gasteiger charge is 2.24.